The lowest BCUT2D eigenvalue weighted by Gasteiger charge is -2.17. The molecule has 0 aromatic carbocycles. The van der Waals surface area contributed by atoms with E-state index in [1.54, 1.807) is 0 Å². The molecule has 0 saturated heterocycles. The molecule has 1 rings (SSSR count). The third kappa shape index (κ3) is 3.43. The summed E-state index contributed by atoms with van der Waals surface area (Å²) < 4.78 is 0. The van der Waals surface area contributed by atoms with Crippen LogP contribution in [0.4, 0.5) is 0 Å². The standard InChI is InChI=1S/C12H21NS/c1-4-11(5-2)9-13-10(3)12-7-6-8-14-12/h6-8,10-11,13H,4-5,9H2,1-3H3/t10-/m1/s1. The normalized spacial score (nSPS) is 13.4. The van der Waals surface area contributed by atoms with Crippen LogP contribution >= 0.6 is 11.3 Å². The molecule has 0 aliphatic carbocycles. The molecule has 1 nitrogen and oxygen atoms in total. The highest BCUT2D eigenvalue weighted by Crippen LogP contribution is 2.18. The molecule has 1 aromatic rings. The van der Waals surface area contributed by atoms with Crippen LogP contribution in [0.15, 0.2) is 17.5 Å². The zero-order valence-corrected chi connectivity index (χ0v) is 10.2. The number of hydrogen-bond acceptors (Lipinski definition) is 2. The second-order valence-electron chi connectivity index (χ2n) is 3.83. The van der Waals surface area contributed by atoms with E-state index in [-0.39, 0.29) is 0 Å². The molecule has 0 amide bonds. The van der Waals surface area contributed by atoms with Crippen LogP contribution in [0.5, 0.6) is 0 Å². The molecule has 14 heavy (non-hydrogen) atoms. The second kappa shape index (κ2) is 6.20. The average Bonchev–Trinajstić information content (AvgIpc) is 2.72. The smallest absolute Gasteiger partial charge is 0.0386 e. The Morgan fingerprint density at radius 2 is 2.07 bits per heavy atom. The second-order valence-corrected chi connectivity index (χ2v) is 4.81. The van der Waals surface area contributed by atoms with Crippen molar-refractivity contribution in [3.63, 3.8) is 0 Å². The molecule has 0 radical (unpaired) electrons. The first-order valence-corrected chi connectivity index (χ1v) is 6.42. The van der Waals surface area contributed by atoms with E-state index >= 15 is 0 Å². The molecule has 0 aliphatic rings. The fourth-order valence-corrected chi connectivity index (χ4v) is 2.32. The van der Waals surface area contributed by atoms with Gasteiger partial charge in [0.25, 0.3) is 0 Å². The van der Waals surface area contributed by atoms with Crippen molar-refractivity contribution >= 4 is 11.3 Å². The minimum Gasteiger partial charge on any atom is -0.309 e. The van der Waals surface area contributed by atoms with Gasteiger partial charge >= 0.3 is 0 Å². The van der Waals surface area contributed by atoms with Crippen molar-refractivity contribution in [1.82, 2.24) is 5.32 Å². The number of nitrogens with one attached hydrogen (secondary N) is 1. The summed E-state index contributed by atoms with van der Waals surface area (Å²) in [5, 5.41) is 5.74. The van der Waals surface area contributed by atoms with Gasteiger partial charge in [-0.15, -0.1) is 11.3 Å². The van der Waals surface area contributed by atoms with Crippen molar-refractivity contribution in [2.24, 2.45) is 5.92 Å². The van der Waals surface area contributed by atoms with E-state index in [0.29, 0.717) is 6.04 Å². The lowest BCUT2D eigenvalue weighted by molar-refractivity contribution is 0.424. The van der Waals surface area contributed by atoms with Crippen LogP contribution in [-0.2, 0) is 0 Å². The molecule has 0 unspecified atom stereocenters. The van der Waals surface area contributed by atoms with E-state index in [1.165, 1.54) is 17.7 Å². The molecule has 1 N–H and O–H groups in total. The van der Waals surface area contributed by atoms with Crippen LogP contribution in [-0.4, -0.2) is 6.54 Å². The summed E-state index contributed by atoms with van der Waals surface area (Å²) in [5.41, 5.74) is 0. The van der Waals surface area contributed by atoms with Crippen molar-refractivity contribution in [1.29, 1.82) is 0 Å². The molecule has 0 fully saturated rings. The van der Waals surface area contributed by atoms with Crippen LogP contribution in [0.3, 0.4) is 0 Å². The van der Waals surface area contributed by atoms with Gasteiger partial charge in [0, 0.05) is 10.9 Å². The zero-order valence-electron chi connectivity index (χ0n) is 9.42. The molecular weight excluding hydrogens is 190 g/mol. The highest BCUT2D eigenvalue weighted by atomic mass is 32.1. The Kier molecular flexibility index (Phi) is 5.20. The van der Waals surface area contributed by atoms with E-state index in [4.69, 9.17) is 0 Å². The van der Waals surface area contributed by atoms with E-state index < -0.39 is 0 Å². The quantitative estimate of drug-likeness (QED) is 0.754. The molecule has 0 bridgehead atoms. The van der Waals surface area contributed by atoms with Crippen molar-refractivity contribution in [3.05, 3.63) is 22.4 Å². The minimum atomic E-state index is 0.510. The molecule has 0 saturated carbocycles. The first-order chi connectivity index (χ1) is 6.77. The Morgan fingerprint density at radius 3 is 2.57 bits per heavy atom. The maximum atomic E-state index is 3.60. The Labute approximate surface area is 91.5 Å². The van der Waals surface area contributed by atoms with Crippen LogP contribution < -0.4 is 5.32 Å². The molecule has 0 aliphatic heterocycles. The highest BCUT2D eigenvalue weighted by Gasteiger charge is 2.08. The van der Waals surface area contributed by atoms with Crippen molar-refractivity contribution in [3.8, 4) is 0 Å². The predicted molar refractivity (Wildman–Crippen MR) is 64.8 cm³/mol. The summed E-state index contributed by atoms with van der Waals surface area (Å²) in [7, 11) is 0. The third-order valence-corrected chi connectivity index (χ3v) is 3.89. The summed E-state index contributed by atoms with van der Waals surface area (Å²) in [4.78, 5) is 1.44. The lowest BCUT2D eigenvalue weighted by atomic mass is 10.0. The van der Waals surface area contributed by atoms with Gasteiger partial charge in [-0.25, -0.2) is 0 Å². The fraction of sp³-hybridized carbons (Fsp3) is 0.667. The molecule has 1 aromatic heterocycles. The first kappa shape index (κ1) is 11.7. The Bertz CT molecular complexity index is 226. The number of thiophene rings is 1. The summed E-state index contributed by atoms with van der Waals surface area (Å²) in [5.74, 6) is 0.831. The van der Waals surface area contributed by atoms with Crippen molar-refractivity contribution in [2.45, 2.75) is 39.7 Å². The van der Waals surface area contributed by atoms with Crippen LogP contribution in [0.2, 0.25) is 0 Å². The molecule has 0 spiro atoms. The molecule has 1 atom stereocenters. The summed E-state index contributed by atoms with van der Waals surface area (Å²) >= 11 is 1.84. The van der Waals surface area contributed by atoms with Crippen LogP contribution in [0.1, 0.15) is 44.5 Å². The minimum absolute atomic E-state index is 0.510. The van der Waals surface area contributed by atoms with Gasteiger partial charge in [0.05, 0.1) is 0 Å². The van der Waals surface area contributed by atoms with Gasteiger partial charge in [-0.1, -0.05) is 32.8 Å². The van der Waals surface area contributed by atoms with Gasteiger partial charge in [0.2, 0.25) is 0 Å². The molecule has 80 valence electrons. The molecule has 2 heteroatoms. The Balaban J connectivity index is 2.31. The fourth-order valence-electron chi connectivity index (χ4n) is 1.56. The number of rotatable bonds is 6. The third-order valence-electron chi connectivity index (χ3n) is 2.84. The maximum absolute atomic E-state index is 3.60. The molecular formula is C12H21NS. The topological polar surface area (TPSA) is 12.0 Å². The molecule has 1 heterocycles. The zero-order chi connectivity index (χ0) is 10.4. The Morgan fingerprint density at radius 1 is 1.36 bits per heavy atom. The van der Waals surface area contributed by atoms with E-state index in [1.807, 2.05) is 11.3 Å². The lowest BCUT2D eigenvalue weighted by Crippen LogP contribution is -2.24. The van der Waals surface area contributed by atoms with Gasteiger partial charge in [-0.3, -0.25) is 0 Å². The first-order valence-electron chi connectivity index (χ1n) is 5.54. The van der Waals surface area contributed by atoms with Crippen LogP contribution in [0, 0.1) is 5.92 Å². The monoisotopic (exact) mass is 211 g/mol. The predicted octanol–water partition coefficient (Wildman–Crippen LogP) is 3.83. The average molecular weight is 211 g/mol. The van der Waals surface area contributed by atoms with E-state index in [9.17, 15) is 0 Å². The Hall–Kier alpha value is -0.340. The van der Waals surface area contributed by atoms with Gasteiger partial charge in [-0.2, -0.15) is 0 Å². The maximum Gasteiger partial charge on any atom is 0.0386 e. The summed E-state index contributed by atoms with van der Waals surface area (Å²) in [6.07, 6.45) is 2.56. The summed E-state index contributed by atoms with van der Waals surface area (Å²) in [6.45, 7) is 7.93. The van der Waals surface area contributed by atoms with Crippen molar-refractivity contribution < 1.29 is 0 Å². The van der Waals surface area contributed by atoms with Crippen molar-refractivity contribution in [2.75, 3.05) is 6.54 Å². The number of hydrogen-bond donors (Lipinski definition) is 1. The van der Waals surface area contributed by atoms with E-state index in [0.717, 1.165) is 12.5 Å². The van der Waals surface area contributed by atoms with Gasteiger partial charge in [-0.05, 0) is 30.8 Å². The highest BCUT2D eigenvalue weighted by molar-refractivity contribution is 7.10. The van der Waals surface area contributed by atoms with Gasteiger partial charge in [0.15, 0.2) is 0 Å². The largest absolute Gasteiger partial charge is 0.309 e. The van der Waals surface area contributed by atoms with Crippen LogP contribution in [0.25, 0.3) is 0 Å². The van der Waals surface area contributed by atoms with Gasteiger partial charge in [0.1, 0.15) is 0 Å². The van der Waals surface area contributed by atoms with Gasteiger partial charge < -0.3 is 5.32 Å². The SMILES string of the molecule is CCC(CC)CN[C@H](C)c1cccs1. The summed E-state index contributed by atoms with van der Waals surface area (Å²) in [6, 6.07) is 4.83. The van der Waals surface area contributed by atoms with E-state index in [2.05, 4.69) is 43.6 Å².